The van der Waals surface area contributed by atoms with Gasteiger partial charge in [-0.25, -0.2) is 0 Å². The maximum atomic E-state index is 3.92. The van der Waals surface area contributed by atoms with Gasteiger partial charge in [0, 0.05) is 21.2 Å². The average Bonchev–Trinajstić information content (AvgIpc) is 2.72. The summed E-state index contributed by atoms with van der Waals surface area (Å²) < 4.78 is 1.04. The Labute approximate surface area is 242 Å². The molecule has 0 radical (unpaired) electrons. The van der Waals surface area contributed by atoms with Crippen molar-refractivity contribution < 1.29 is 0 Å². The van der Waals surface area contributed by atoms with Gasteiger partial charge in [-0.2, -0.15) is 0 Å². The predicted molar refractivity (Wildman–Crippen MR) is 180 cm³/mol. The molecule has 1 aromatic rings. The fraction of sp³-hybridized carbons (Fsp3) is 0.636. The molecule has 4 heteroatoms. The summed E-state index contributed by atoms with van der Waals surface area (Å²) in [7, 11) is -5.21. The van der Waals surface area contributed by atoms with Crippen LogP contribution in [0.1, 0.15) is 99.8 Å². The van der Waals surface area contributed by atoms with Gasteiger partial charge < -0.3 is 0 Å². The first-order chi connectivity index (χ1) is 16.8. The van der Waals surface area contributed by atoms with Crippen molar-refractivity contribution in [3.63, 3.8) is 0 Å². The summed E-state index contributed by atoms with van der Waals surface area (Å²) in [5.74, 6) is 10.9. The van der Waals surface area contributed by atoms with Crippen LogP contribution in [0.5, 0.6) is 0 Å². The van der Waals surface area contributed by atoms with E-state index < -0.39 is 24.2 Å². The molecule has 0 aromatic heterocycles. The van der Waals surface area contributed by atoms with Gasteiger partial charge in [0.05, 0.1) is 0 Å². The lowest BCUT2D eigenvalue weighted by Crippen LogP contribution is -2.43. The molecule has 0 aliphatic carbocycles. The molecule has 0 heterocycles. The molecule has 0 aliphatic rings. The van der Waals surface area contributed by atoms with Gasteiger partial charge in [0.15, 0.2) is 0 Å². The zero-order valence-corrected chi connectivity index (χ0v) is 31.1. The summed E-state index contributed by atoms with van der Waals surface area (Å²) in [5.41, 5.74) is 18.2. The van der Waals surface area contributed by atoms with E-state index in [1.807, 2.05) is 0 Å². The minimum absolute atomic E-state index is 0.603. The molecule has 0 spiro atoms. The minimum Gasteiger partial charge on any atom is -0.127 e. The molecular weight excluding hydrogens is 561 g/mol. The number of halogens is 1. The van der Waals surface area contributed by atoms with Crippen molar-refractivity contribution in [3.05, 3.63) is 33.3 Å². The van der Waals surface area contributed by atoms with Gasteiger partial charge in [-0.1, -0.05) is 120 Å². The first-order valence-electron chi connectivity index (χ1n) is 14.3. The second-order valence-electron chi connectivity index (χ2n) is 13.7. The number of benzene rings is 1. The molecule has 204 valence electrons. The number of hydrogen-bond donors (Lipinski definition) is 0. The van der Waals surface area contributed by atoms with E-state index >= 15 is 0 Å². The third-order valence-electron chi connectivity index (χ3n) is 8.24. The van der Waals surface area contributed by atoms with Crippen LogP contribution in [0, 0.1) is 34.4 Å². The first-order valence-corrected chi connectivity index (χ1v) is 23.0. The summed E-state index contributed by atoms with van der Waals surface area (Å²) in [6, 6.07) is 4.40. The molecule has 0 saturated heterocycles. The first kappa shape index (κ1) is 34.1. The smallest absolute Gasteiger partial charge is 0.127 e. The molecule has 0 bridgehead atoms. The Balaban J connectivity index is 3.94. The third kappa shape index (κ3) is 8.02. The molecule has 37 heavy (non-hydrogen) atoms. The highest BCUT2D eigenvalue weighted by Crippen LogP contribution is 2.42. The van der Waals surface area contributed by atoms with Gasteiger partial charge in [0.1, 0.15) is 24.2 Å². The van der Waals surface area contributed by atoms with Crippen LogP contribution >= 0.6 is 15.9 Å². The third-order valence-corrected chi connectivity index (χ3v) is 22.3. The molecule has 0 atom stereocenters. The number of hydrogen-bond acceptors (Lipinski definition) is 0. The van der Waals surface area contributed by atoms with Crippen LogP contribution in [0.15, 0.2) is 16.6 Å². The Kier molecular flexibility index (Phi) is 12.3. The van der Waals surface area contributed by atoms with Gasteiger partial charge in [-0.3, -0.25) is 0 Å². The maximum Gasteiger partial charge on any atom is 0.146 e. The van der Waals surface area contributed by atoms with Crippen molar-refractivity contribution >= 4 is 40.2 Å². The Morgan fingerprint density at radius 3 is 1.11 bits per heavy atom. The van der Waals surface area contributed by atoms with Gasteiger partial charge in [0.2, 0.25) is 0 Å². The molecule has 0 saturated carbocycles. The average molecular weight is 614 g/mol. The highest BCUT2D eigenvalue weighted by molar-refractivity contribution is 9.10. The van der Waals surface area contributed by atoms with E-state index in [2.05, 4.69) is 165 Å². The van der Waals surface area contributed by atoms with Crippen LogP contribution < -0.4 is 0 Å². The van der Waals surface area contributed by atoms with Gasteiger partial charge in [0.25, 0.3) is 0 Å². The SMILES string of the molecule is CC(C)[Si](C#Cc1cc(C#C[Si](C)(C)C)c(C#C[Si](C(C)C)(C(C)C)C(C)C)cc1Br)(C(C)C)C(C)C. The Morgan fingerprint density at radius 2 is 0.784 bits per heavy atom. The normalized spacial score (nSPS) is 12.6. The van der Waals surface area contributed by atoms with Crippen molar-refractivity contribution in [2.75, 3.05) is 0 Å². The van der Waals surface area contributed by atoms with E-state index in [9.17, 15) is 0 Å². The lowest BCUT2D eigenvalue weighted by atomic mass is 10.1. The van der Waals surface area contributed by atoms with Crippen molar-refractivity contribution in [2.45, 2.75) is 136 Å². The highest BCUT2D eigenvalue weighted by Gasteiger charge is 2.42. The largest absolute Gasteiger partial charge is 0.146 e. The van der Waals surface area contributed by atoms with Gasteiger partial charge >= 0.3 is 0 Å². The van der Waals surface area contributed by atoms with Crippen LogP contribution in [0.3, 0.4) is 0 Å². The molecule has 0 fully saturated rings. The molecule has 1 rings (SSSR count). The van der Waals surface area contributed by atoms with E-state index in [0.717, 1.165) is 21.2 Å². The van der Waals surface area contributed by atoms with Crippen LogP contribution in [-0.4, -0.2) is 24.2 Å². The zero-order valence-electron chi connectivity index (χ0n) is 26.5. The van der Waals surface area contributed by atoms with E-state index in [4.69, 9.17) is 0 Å². The summed E-state index contributed by atoms with van der Waals surface area (Å²) in [4.78, 5) is 0. The fourth-order valence-corrected chi connectivity index (χ4v) is 17.7. The second-order valence-corrected chi connectivity index (χ2v) is 30.4. The molecule has 1 aromatic carbocycles. The molecule has 0 N–H and O–H groups in total. The van der Waals surface area contributed by atoms with Crippen molar-refractivity contribution in [2.24, 2.45) is 0 Å². The minimum atomic E-state index is -1.84. The summed E-state index contributed by atoms with van der Waals surface area (Å²) in [6.45, 7) is 35.3. The summed E-state index contributed by atoms with van der Waals surface area (Å²) in [5, 5.41) is 0. The topological polar surface area (TPSA) is 0 Å². The summed E-state index contributed by atoms with van der Waals surface area (Å²) >= 11 is 3.88. The van der Waals surface area contributed by atoms with E-state index in [1.54, 1.807) is 0 Å². The lowest BCUT2D eigenvalue weighted by molar-refractivity contribution is 0.838. The highest BCUT2D eigenvalue weighted by atomic mass is 79.9. The van der Waals surface area contributed by atoms with Crippen molar-refractivity contribution in [3.8, 4) is 34.4 Å². The molecular formula is C33H53BrSi3. The fourth-order valence-electron chi connectivity index (χ4n) is 6.35. The lowest BCUT2D eigenvalue weighted by Gasteiger charge is -2.38. The standard InChI is InChI=1S/C33H53BrSi3/c1-24(2)36(25(3)4,26(5)6)20-17-31-23-33(34)32(22-30(31)16-19-35(13,14)15)18-21-37(27(7)8,28(9)10)29(11)12/h22-29H,1-15H3. The van der Waals surface area contributed by atoms with Crippen molar-refractivity contribution in [1.82, 2.24) is 0 Å². The predicted octanol–water partition coefficient (Wildman–Crippen LogP) is 10.8. The van der Waals surface area contributed by atoms with Crippen LogP contribution in [-0.2, 0) is 0 Å². The molecule has 0 nitrogen and oxygen atoms in total. The van der Waals surface area contributed by atoms with Gasteiger partial charge in [-0.15, -0.1) is 16.6 Å². The van der Waals surface area contributed by atoms with E-state index in [0.29, 0.717) is 33.2 Å². The molecule has 0 aliphatic heterocycles. The summed E-state index contributed by atoms with van der Waals surface area (Å²) in [6.07, 6.45) is 0. The Hall–Kier alpha value is -0.969. The van der Waals surface area contributed by atoms with E-state index in [1.165, 1.54) is 0 Å². The molecule has 0 unspecified atom stereocenters. The second kappa shape index (κ2) is 13.4. The molecule has 0 amide bonds. The Bertz CT molecular complexity index is 1070. The Morgan fingerprint density at radius 1 is 0.486 bits per heavy atom. The van der Waals surface area contributed by atoms with Crippen LogP contribution in [0.2, 0.25) is 52.9 Å². The number of rotatable bonds is 6. The maximum absolute atomic E-state index is 3.92. The van der Waals surface area contributed by atoms with E-state index in [-0.39, 0.29) is 0 Å². The zero-order chi connectivity index (χ0) is 28.9. The quantitative estimate of drug-likeness (QED) is 0.221. The van der Waals surface area contributed by atoms with Crippen LogP contribution in [0.4, 0.5) is 0 Å². The van der Waals surface area contributed by atoms with Crippen LogP contribution in [0.25, 0.3) is 0 Å². The van der Waals surface area contributed by atoms with Crippen molar-refractivity contribution in [1.29, 1.82) is 0 Å². The van der Waals surface area contributed by atoms with Gasteiger partial charge in [-0.05, 0) is 61.3 Å². The monoisotopic (exact) mass is 612 g/mol.